The molecule has 0 amide bonds. The number of thioether (sulfide) groups is 1. The first-order valence-electron chi connectivity index (χ1n) is 4.17. The molecule has 0 aliphatic heterocycles. The van der Waals surface area contributed by atoms with Gasteiger partial charge in [-0.2, -0.15) is 11.8 Å². The van der Waals surface area contributed by atoms with E-state index in [2.05, 4.69) is 0 Å². The van der Waals surface area contributed by atoms with Crippen LogP contribution in [0.2, 0.25) is 0 Å². The molecule has 0 aliphatic rings. The molecule has 13 heavy (non-hydrogen) atoms. The molecule has 2 nitrogen and oxygen atoms in total. The molecule has 1 aromatic carbocycles. The van der Waals surface area contributed by atoms with E-state index in [4.69, 9.17) is 5.73 Å². The van der Waals surface area contributed by atoms with Crippen LogP contribution in [-0.2, 0) is 5.54 Å². The van der Waals surface area contributed by atoms with Crippen LogP contribution >= 0.6 is 11.8 Å². The second kappa shape index (κ2) is 4.65. The molecule has 1 rings (SSSR count). The summed E-state index contributed by atoms with van der Waals surface area (Å²) in [5.74, 6) is 0.730. The van der Waals surface area contributed by atoms with Gasteiger partial charge in [0.25, 0.3) is 0 Å². The summed E-state index contributed by atoms with van der Waals surface area (Å²) in [4.78, 5) is 0. The lowest BCUT2D eigenvalue weighted by Gasteiger charge is -2.26. The van der Waals surface area contributed by atoms with Gasteiger partial charge in [-0.1, -0.05) is 30.3 Å². The lowest BCUT2D eigenvalue weighted by atomic mass is 9.94. The van der Waals surface area contributed by atoms with Gasteiger partial charge >= 0.3 is 0 Å². The average molecular weight is 197 g/mol. The van der Waals surface area contributed by atoms with E-state index in [-0.39, 0.29) is 6.61 Å². The molecule has 0 aliphatic carbocycles. The lowest BCUT2D eigenvalue weighted by Crippen LogP contribution is -2.43. The molecule has 0 bridgehead atoms. The fourth-order valence-electron chi connectivity index (χ4n) is 1.25. The minimum atomic E-state index is -0.597. The van der Waals surface area contributed by atoms with E-state index >= 15 is 0 Å². The zero-order chi connectivity index (χ0) is 9.73. The van der Waals surface area contributed by atoms with E-state index in [0.29, 0.717) is 0 Å². The van der Waals surface area contributed by atoms with Gasteiger partial charge in [-0.05, 0) is 11.8 Å². The first-order chi connectivity index (χ1) is 6.23. The summed E-state index contributed by atoms with van der Waals surface area (Å²) in [6.45, 7) is -0.0160. The predicted molar refractivity (Wildman–Crippen MR) is 57.8 cm³/mol. The van der Waals surface area contributed by atoms with Gasteiger partial charge in [-0.15, -0.1) is 0 Å². The zero-order valence-electron chi connectivity index (χ0n) is 7.73. The van der Waals surface area contributed by atoms with Crippen molar-refractivity contribution in [3.63, 3.8) is 0 Å². The molecule has 0 fully saturated rings. The molecular formula is C10H15NOS. The summed E-state index contributed by atoms with van der Waals surface area (Å²) in [6.07, 6.45) is 1.99. The molecule has 0 saturated heterocycles. The molecule has 0 aromatic heterocycles. The van der Waals surface area contributed by atoms with Crippen molar-refractivity contribution in [1.29, 1.82) is 0 Å². The molecule has 72 valence electrons. The number of rotatable bonds is 4. The third-order valence-electron chi connectivity index (χ3n) is 2.03. The Morgan fingerprint density at radius 1 is 1.38 bits per heavy atom. The maximum Gasteiger partial charge on any atom is 0.0735 e. The molecule has 3 N–H and O–H groups in total. The molecule has 1 aromatic rings. The van der Waals surface area contributed by atoms with Crippen LogP contribution < -0.4 is 5.73 Å². The largest absolute Gasteiger partial charge is 0.394 e. The minimum absolute atomic E-state index is 0.0160. The monoisotopic (exact) mass is 197 g/mol. The smallest absolute Gasteiger partial charge is 0.0735 e. The van der Waals surface area contributed by atoms with Gasteiger partial charge in [0.05, 0.1) is 12.1 Å². The third kappa shape index (κ3) is 2.46. The second-order valence-corrected chi connectivity index (χ2v) is 3.98. The summed E-state index contributed by atoms with van der Waals surface area (Å²) in [5, 5.41) is 9.23. The molecule has 0 radical (unpaired) electrons. The Morgan fingerprint density at radius 2 is 2.00 bits per heavy atom. The molecule has 0 saturated carbocycles. The van der Waals surface area contributed by atoms with Gasteiger partial charge in [0.15, 0.2) is 0 Å². The van der Waals surface area contributed by atoms with Crippen molar-refractivity contribution < 1.29 is 5.11 Å². The van der Waals surface area contributed by atoms with Crippen LogP contribution in [-0.4, -0.2) is 23.7 Å². The van der Waals surface area contributed by atoms with Crippen LogP contribution in [0.4, 0.5) is 0 Å². The Kier molecular flexibility index (Phi) is 3.78. The summed E-state index contributed by atoms with van der Waals surface area (Å²) < 4.78 is 0. The summed E-state index contributed by atoms with van der Waals surface area (Å²) in [7, 11) is 0. The number of aliphatic hydroxyl groups is 1. The lowest BCUT2D eigenvalue weighted by molar-refractivity contribution is 0.213. The second-order valence-electron chi connectivity index (χ2n) is 3.11. The highest BCUT2D eigenvalue weighted by Crippen LogP contribution is 2.21. The van der Waals surface area contributed by atoms with Crippen molar-refractivity contribution in [3.8, 4) is 0 Å². The number of aliphatic hydroxyl groups excluding tert-OH is 1. The van der Waals surface area contributed by atoms with Gasteiger partial charge in [0, 0.05) is 5.75 Å². The van der Waals surface area contributed by atoms with E-state index in [9.17, 15) is 5.11 Å². The van der Waals surface area contributed by atoms with Gasteiger partial charge in [-0.3, -0.25) is 0 Å². The standard InChI is InChI=1S/C10H15NOS/c1-13-8-10(11,7-12)9-5-3-2-4-6-9/h2-6,12H,7-8,11H2,1H3. The maximum atomic E-state index is 9.23. The number of hydrogen-bond donors (Lipinski definition) is 2. The normalized spacial score (nSPS) is 15.3. The Morgan fingerprint density at radius 3 is 2.46 bits per heavy atom. The highest BCUT2D eigenvalue weighted by molar-refractivity contribution is 7.98. The summed E-state index contributed by atoms with van der Waals surface area (Å²) in [5.41, 5.74) is 6.45. The highest BCUT2D eigenvalue weighted by Gasteiger charge is 2.25. The van der Waals surface area contributed by atoms with Crippen LogP contribution in [0.1, 0.15) is 5.56 Å². The van der Waals surface area contributed by atoms with Gasteiger partial charge in [0.2, 0.25) is 0 Å². The van der Waals surface area contributed by atoms with Gasteiger partial charge in [-0.25, -0.2) is 0 Å². The topological polar surface area (TPSA) is 46.2 Å². The van der Waals surface area contributed by atoms with E-state index < -0.39 is 5.54 Å². The molecule has 3 heteroatoms. The fraction of sp³-hybridized carbons (Fsp3) is 0.400. The van der Waals surface area contributed by atoms with Crippen LogP contribution in [0, 0.1) is 0 Å². The van der Waals surface area contributed by atoms with Crippen LogP contribution in [0.25, 0.3) is 0 Å². The van der Waals surface area contributed by atoms with Crippen LogP contribution in [0.5, 0.6) is 0 Å². The first kappa shape index (κ1) is 10.6. The Hall–Kier alpha value is -0.510. The Balaban J connectivity index is 2.89. The molecule has 0 heterocycles. The highest BCUT2D eigenvalue weighted by atomic mass is 32.2. The first-order valence-corrected chi connectivity index (χ1v) is 5.56. The summed E-state index contributed by atoms with van der Waals surface area (Å²) >= 11 is 1.64. The van der Waals surface area contributed by atoms with Crippen molar-refractivity contribution in [1.82, 2.24) is 0 Å². The van der Waals surface area contributed by atoms with E-state index in [1.165, 1.54) is 0 Å². The van der Waals surface area contributed by atoms with Crippen LogP contribution in [0.3, 0.4) is 0 Å². The maximum absolute atomic E-state index is 9.23. The van der Waals surface area contributed by atoms with Crippen molar-refractivity contribution in [3.05, 3.63) is 35.9 Å². The zero-order valence-corrected chi connectivity index (χ0v) is 8.55. The molecular weight excluding hydrogens is 182 g/mol. The minimum Gasteiger partial charge on any atom is -0.394 e. The van der Waals surface area contributed by atoms with Crippen LogP contribution in [0.15, 0.2) is 30.3 Å². The SMILES string of the molecule is CSCC(N)(CO)c1ccccc1. The molecule has 1 unspecified atom stereocenters. The van der Waals surface area contributed by atoms with Gasteiger partial charge < -0.3 is 10.8 Å². The molecule has 0 spiro atoms. The number of benzene rings is 1. The quantitative estimate of drug-likeness (QED) is 0.762. The summed E-state index contributed by atoms with van der Waals surface area (Å²) in [6, 6.07) is 9.72. The van der Waals surface area contributed by atoms with Crippen molar-refractivity contribution in [2.24, 2.45) is 5.73 Å². The number of hydrogen-bond acceptors (Lipinski definition) is 3. The predicted octanol–water partition coefficient (Wildman–Crippen LogP) is 1.20. The van der Waals surface area contributed by atoms with E-state index in [1.54, 1.807) is 11.8 Å². The van der Waals surface area contributed by atoms with Gasteiger partial charge in [0.1, 0.15) is 0 Å². The van der Waals surface area contributed by atoms with E-state index in [1.807, 2.05) is 36.6 Å². The third-order valence-corrected chi connectivity index (χ3v) is 2.84. The Labute approximate surface area is 83.1 Å². The average Bonchev–Trinajstić information content (AvgIpc) is 2.19. The van der Waals surface area contributed by atoms with Crippen molar-refractivity contribution >= 4 is 11.8 Å². The molecule has 1 atom stereocenters. The Bertz CT molecular complexity index is 252. The van der Waals surface area contributed by atoms with E-state index in [0.717, 1.165) is 11.3 Å². The van der Waals surface area contributed by atoms with Crippen molar-refractivity contribution in [2.75, 3.05) is 18.6 Å². The fourth-order valence-corrected chi connectivity index (χ4v) is 2.02. The number of nitrogens with two attached hydrogens (primary N) is 1. The van der Waals surface area contributed by atoms with Crippen molar-refractivity contribution in [2.45, 2.75) is 5.54 Å².